The Morgan fingerprint density at radius 3 is 2.67 bits per heavy atom. The summed E-state index contributed by atoms with van der Waals surface area (Å²) in [5, 5.41) is 7.26. The molecule has 2 amide bonds. The zero-order valence-corrected chi connectivity index (χ0v) is 14.1. The predicted molar refractivity (Wildman–Crippen MR) is 99.4 cm³/mol. The number of urea groups is 1. The van der Waals surface area contributed by atoms with Gasteiger partial charge in [0, 0.05) is 24.2 Å². The lowest BCUT2D eigenvalue weighted by Gasteiger charge is -2.13. The van der Waals surface area contributed by atoms with Crippen molar-refractivity contribution in [1.29, 1.82) is 0 Å². The number of rotatable bonds is 2. The van der Waals surface area contributed by atoms with Crippen LogP contribution in [0.4, 0.5) is 16.3 Å². The fourth-order valence-electron chi connectivity index (χ4n) is 2.62. The van der Waals surface area contributed by atoms with Gasteiger partial charge >= 0.3 is 6.03 Å². The standard InChI is InChI=1S/C18H17ClN4O/c1-10-5-3-4-6-12(10)13-7-11-8-15(23-18(24)21-2)22-9-14(11)17(20)16(13)19/h3-9H,20H2,1-2H3,(H2,21,22,23,24). The molecule has 0 atom stereocenters. The van der Waals surface area contributed by atoms with Gasteiger partial charge in [0.15, 0.2) is 0 Å². The van der Waals surface area contributed by atoms with Crippen molar-refractivity contribution in [2.75, 3.05) is 18.1 Å². The summed E-state index contributed by atoms with van der Waals surface area (Å²) in [6, 6.07) is 11.4. The number of nitrogen functional groups attached to an aromatic ring is 1. The number of hydrogen-bond donors (Lipinski definition) is 3. The fourth-order valence-corrected chi connectivity index (χ4v) is 2.87. The molecule has 3 rings (SSSR count). The SMILES string of the molecule is CNC(=O)Nc1cc2cc(-c3ccccc3C)c(Cl)c(N)c2cn1. The van der Waals surface area contributed by atoms with Crippen LogP contribution in [-0.4, -0.2) is 18.1 Å². The molecule has 6 heteroatoms. The zero-order chi connectivity index (χ0) is 17.3. The van der Waals surface area contributed by atoms with Crippen molar-refractivity contribution >= 4 is 39.9 Å². The molecule has 24 heavy (non-hydrogen) atoms. The van der Waals surface area contributed by atoms with Crippen molar-refractivity contribution < 1.29 is 4.79 Å². The first kappa shape index (κ1) is 16.1. The second-order valence-electron chi connectivity index (χ2n) is 5.46. The highest BCUT2D eigenvalue weighted by atomic mass is 35.5. The molecule has 0 spiro atoms. The number of carbonyl (C=O) groups excluding carboxylic acids is 1. The first-order valence-electron chi connectivity index (χ1n) is 7.43. The third-order valence-electron chi connectivity index (χ3n) is 3.90. The smallest absolute Gasteiger partial charge is 0.320 e. The van der Waals surface area contributed by atoms with Gasteiger partial charge in [-0.05, 0) is 35.6 Å². The summed E-state index contributed by atoms with van der Waals surface area (Å²) in [6.45, 7) is 2.02. The number of aromatic nitrogens is 1. The molecule has 1 aromatic heterocycles. The molecule has 0 bridgehead atoms. The van der Waals surface area contributed by atoms with E-state index in [-0.39, 0.29) is 6.03 Å². The molecule has 0 saturated carbocycles. The molecular formula is C18H17ClN4O. The Morgan fingerprint density at radius 1 is 1.21 bits per heavy atom. The van der Waals surface area contributed by atoms with Crippen LogP contribution in [-0.2, 0) is 0 Å². The Balaban J connectivity index is 2.19. The summed E-state index contributed by atoms with van der Waals surface area (Å²) < 4.78 is 0. The minimum Gasteiger partial charge on any atom is -0.397 e. The molecule has 122 valence electrons. The number of pyridine rings is 1. The number of fused-ring (bicyclic) bond motifs is 1. The number of halogens is 1. The average Bonchev–Trinajstić information content (AvgIpc) is 2.58. The number of nitrogens with zero attached hydrogens (tertiary/aromatic N) is 1. The Morgan fingerprint density at radius 2 is 1.96 bits per heavy atom. The van der Waals surface area contributed by atoms with Crippen LogP contribution in [0.25, 0.3) is 21.9 Å². The Labute approximate surface area is 144 Å². The fraction of sp³-hybridized carbons (Fsp3) is 0.111. The highest BCUT2D eigenvalue weighted by Gasteiger charge is 2.13. The number of carbonyl (C=O) groups is 1. The number of hydrogen-bond acceptors (Lipinski definition) is 3. The number of anilines is 2. The van der Waals surface area contributed by atoms with Gasteiger partial charge in [-0.1, -0.05) is 35.9 Å². The maximum absolute atomic E-state index is 11.5. The van der Waals surface area contributed by atoms with Crippen LogP contribution >= 0.6 is 11.6 Å². The van der Waals surface area contributed by atoms with Gasteiger partial charge in [-0.15, -0.1) is 0 Å². The second kappa shape index (κ2) is 6.37. The van der Waals surface area contributed by atoms with Crippen LogP contribution in [0, 0.1) is 6.92 Å². The largest absolute Gasteiger partial charge is 0.397 e. The Hall–Kier alpha value is -2.79. The summed E-state index contributed by atoms with van der Waals surface area (Å²) >= 11 is 6.49. The minimum atomic E-state index is -0.331. The second-order valence-corrected chi connectivity index (χ2v) is 5.84. The van der Waals surface area contributed by atoms with Crippen molar-refractivity contribution in [2.24, 2.45) is 0 Å². The zero-order valence-electron chi connectivity index (χ0n) is 13.4. The number of benzene rings is 2. The Bertz CT molecular complexity index is 940. The molecule has 5 nitrogen and oxygen atoms in total. The van der Waals surface area contributed by atoms with Gasteiger partial charge < -0.3 is 11.1 Å². The minimum absolute atomic E-state index is 0.331. The van der Waals surface area contributed by atoms with Crippen LogP contribution in [0.15, 0.2) is 42.6 Å². The summed E-state index contributed by atoms with van der Waals surface area (Å²) in [5.41, 5.74) is 9.68. The quantitative estimate of drug-likeness (QED) is 0.612. The van der Waals surface area contributed by atoms with Crippen molar-refractivity contribution in [3.8, 4) is 11.1 Å². The van der Waals surface area contributed by atoms with Gasteiger partial charge in [-0.3, -0.25) is 5.32 Å². The third-order valence-corrected chi connectivity index (χ3v) is 4.31. The van der Waals surface area contributed by atoms with Gasteiger partial charge in [0.05, 0.1) is 10.7 Å². The predicted octanol–water partition coefficient (Wildman–Crippen LogP) is 4.20. The maximum atomic E-state index is 11.5. The molecule has 0 unspecified atom stereocenters. The van der Waals surface area contributed by atoms with E-state index in [1.54, 1.807) is 19.3 Å². The van der Waals surface area contributed by atoms with E-state index in [4.69, 9.17) is 17.3 Å². The monoisotopic (exact) mass is 340 g/mol. The third kappa shape index (κ3) is 2.86. The van der Waals surface area contributed by atoms with E-state index in [0.717, 1.165) is 27.5 Å². The van der Waals surface area contributed by atoms with Crippen molar-refractivity contribution in [3.63, 3.8) is 0 Å². The molecule has 0 saturated heterocycles. The molecule has 2 aromatic carbocycles. The molecule has 0 fully saturated rings. The molecule has 0 aliphatic rings. The van der Waals surface area contributed by atoms with E-state index < -0.39 is 0 Å². The lowest BCUT2D eigenvalue weighted by molar-refractivity contribution is 0.254. The molecule has 0 aliphatic carbocycles. The summed E-state index contributed by atoms with van der Waals surface area (Å²) in [4.78, 5) is 15.7. The number of aryl methyl sites for hydroxylation is 1. The lowest BCUT2D eigenvalue weighted by atomic mass is 9.97. The molecular weight excluding hydrogens is 324 g/mol. The van der Waals surface area contributed by atoms with Gasteiger partial charge in [0.2, 0.25) is 0 Å². The van der Waals surface area contributed by atoms with Gasteiger partial charge in [0.25, 0.3) is 0 Å². The molecule has 3 aromatic rings. The van der Waals surface area contributed by atoms with Crippen LogP contribution in [0.5, 0.6) is 0 Å². The van der Waals surface area contributed by atoms with Gasteiger partial charge in [-0.2, -0.15) is 0 Å². The van der Waals surface area contributed by atoms with E-state index in [0.29, 0.717) is 16.5 Å². The normalized spacial score (nSPS) is 10.6. The summed E-state index contributed by atoms with van der Waals surface area (Å²) in [5.74, 6) is 0.444. The van der Waals surface area contributed by atoms with Crippen molar-refractivity contribution in [3.05, 3.63) is 53.2 Å². The van der Waals surface area contributed by atoms with E-state index in [9.17, 15) is 4.79 Å². The van der Waals surface area contributed by atoms with E-state index in [1.807, 2.05) is 37.3 Å². The maximum Gasteiger partial charge on any atom is 0.320 e. The van der Waals surface area contributed by atoms with Crippen LogP contribution in [0.1, 0.15) is 5.56 Å². The average molecular weight is 341 g/mol. The topological polar surface area (TPSA) is 80.0 Å². The molecule has 1 heterocycles. The number of nitrogens with one attached hydrogen (secondary N) is 2. The van der Waals surface area contributed by atoms with E-state index in [1.165, 1.54) is 0 Å². The molecule has 4 N–H and O–H groups in total. The van der Waals surface area contributed by atoms with Crippen molar-refractivity contribution in [1.82, 2.24) is 10.3 Å². The Kier molecular flexibility index (Phi) is 4.27. The van der Waals surface area contributed by atoms with Gasteiger partial charge in [-0.25, -0.2) is 9.78 Å². The van der Waals surface area contributed by atoms with E-state index >= 15 is 0 Å². The first-order chi connectivity index (χ1) is 11.5. The molecule has 0 radical (unpaired) electrons. The lowest BCUT2D eigenvalue weighted by Crippen LogP contribution is -2.24. The number of amides is 2. The van der Waals surface area contributed by atoms with Crippen molar-refractivity contribution in [2.45, 2.75) is 6.92 Å². The summed E-state index contributed by atoms with van der Waals surface area (Å²) in [7, 11) is 1.55. The summed E-state index contributed by atoms with van der Waals surface area (Å²) in [6.07, 6.45) is 1.61. The van der Waals surface area contributed by atoms with Crippen LogP contribution < -0.4 is 16.4 Å². The van der Waals surface area contributed by atoms with Crippen LogP contribution in [0.2, 0.25) is 5.02 Å². The number of nitrogens with two attached hydrogens (primary N) is 1. The highest BCUT2D eigenvalue weighted by molar-refractivity contribution is 6.37. The van der Waals surface area contributed by atoms with Gasteiger partial charge in [0.1, 0.15) is 5.82 Å². The highest BCUT2D eigenvalue weighted by Crippen LogP contribution is 2.39. The first-order valence-corrected chi connectivity index (χ1v) is 7.81. The molecule has 0 aliphatic heterocycles. The van der Waals surface area contributed by atoms with E-state index in [2.05, 4.69) is 15.6 Å². The van der Waals surface area contributed by atoms with Crippen LogP contribution in [0.3, 0.4) is 0 Å².